The second kappa shape index (κ2) is 5.46. The Kier molecular flexibility index (Phi) is 3.65. The molecule has 0 saturated heterocycles. The summed E-state index contributed by atoms with van der Waals surface area (Å²) in [6.07, 6.45) is 3.42. The van der Waals surface area contributed by atoms with Crippen molar-refractivity contribution in [2.24, 2.45) is 0 Å². The minimum Gasteiger partial charge on any atom is -0.397 e. The van der Waals surface area contributed by atoms with E-state index < -0.39 is 0 Å². The number of carbonyl (C=O) groups is 1. The van der Waals surface area contributed by atoms with Crippen LogP contribution < -0.4 is 11.1 Å². The molecule has 0 radical (unpaired) electrons. The molecule has 0 aliphatic carbocycles. The van der Waals surface area contributed by atoms with Gasteiger partial charge in [0.1, 0.15) is 4.88 Å². The van der Waals surface area contributed by atoms with E-state index in [0.29, 0.717) is 17.1 Å². The molecule has 0 spiro atoms. The Bertz CT molecular complexity index is 800. The Labute approximate surface area is 130 Å². The molecule has 0 bridgehead atoms. The van der Waals surface area contributed by atoms with Crippen LogP contribution in [-0.4, -0.2) is 10.9 Å². The lowest BCUT2D eigenvalue weighted by Gasteiger charge is -2.02. The zero-order valence-electron chi connectivity index (χ0n) is 11.8. The monoisotopic (exact) mass is 317 g/mol. The Morgan fingerprint density at radius 3 is 2.86 bits per heavy atom. The summed E-state index contributed by atoms with van der Waals surface area (Å²) in [5.41, 5.74) is 7.86. The number of rotatable bonds is 3. The number of nitrogens with one attached hydrogen (secondary N) is 1. The van der Waals surface area contributed by atoms with E-state index in [2.05, 4.69) is 30.2 Å². The summed E-state index contributed by atoms with van der Waals surface area (Å²) < 4.78 is 0.933. The number of carbonyl (C=O) groups excluding carboxylic acids is 1. The normalized spacial score (nSPS) is 11.0. The first kappa shape index (κ1) is 14.0. The van der Waals surface area contributed by atoms with Crippen molar-refractivity contribution in [3.8, 4) is 0 Å². The summed E-state index contributed by atoms with van der Waals surface area (Å²) >= 11 is 3.09. The minimum atomic E-state index is -0.127. The van der Waals surface area contributed by atoms with Gasteiger partial charge in [-0.25, -0.2) is 0 Å². The van der Waals surface area contributed by atoms with Crippen LogP contribution in [0.4, 0.5) is 5.69 Å². The molecule has 3 rings (SSSR count). The molecule has 3 N–H and O–H groups in total. The van der Waals surface area contributed by atoms with Gasteiger partial charge in [0, 0.05) is 27.5 Å². The van der Waals surface area contributed by atoms with E-state index in [-0.39, 0.29) is 5.91 Å². The second-order valence-corrected chi connectivity index (χ2v) is 7.24. The fraction of sp³-hybridized carbons (Fsp3) is 0.200. The fourth-order valence-electron chi connectivity index (χ4n) is 2.12. The molecule has 3 heterocycles. The third-order valence-electron chi connectivity index (χ3n) is 3.38. The highest BCUT2D eigenvalue weighted by Crippen LogP contribution is 2.32. The molecule has 0 fully saturated rings. The molecule has 21 heavy (non-hydrogen) atoms. The molecule has 0 saturated carbocycles. The number of hydrogen-bond donors (Lipinski definition) is 2. The van der Waals surface area contributed by atoms with Gasteiger partial charge >= 0.3 is 0 Å². The summed E-state index contributed by atoms with van der Waals surface area (Å²) in [6.45, 7) is 4.69. The average Bonchev–Trinajstić information content (AvgIpc) is 2.98. The highest BCUT2D eigenvalue weighted by atomic mass is 32.1. The highest BCUT2D eigenvalue weighted by molar-refractivity contribution is 7.21. The molecule has 3 aromatic rings. The number of nitrogens with two attached hydrogens (primary N) is 1. The van der Waals surface area contributed by atoms with Crippen molar-refractivity contribution in [1.82, 2.24) is 10.3 Å². The topological polar surface area (TPSA) is 68.0 Å². The van der Waals surface area contributed by atoms with Gasteiger partial charge in [-0.2, -0.15) is 0 Å². The zero-order valence-corrected chi connectivity index (χ0v) is 13.4. The van der Waals surface area contributed by atoms with E-state index in [1.54, 1.807) is 23.7 Å². The van der Waals surface area contributed by atoms with Crippen LogP contribution in [0.25, 0.3) is 10.1 Å². The maximum atomic E-state index is 12.3. The van der Waals surface area contributed by atoms with Crippen LogP contribution in [0.5, 0.6) is 0 Å². The summed E-state index contributed by atoms with van der Waals surface area (Å²) in [7, 11) is 0. The lowest BCUT2D eigenvalue weighted by Crippen LogP contribution is -2.22. The molecule has 6 heteroatoms. The summed E-state index contributed by atoms with van der Waals surface area (Å²) in [6, 6.07) is 3.95. The van der Waals surface area contributed by atoms with Crippen LogP contribution >= 0.6 is 22.7 Å². The van der Waals surface area contributed by atoms with Crippen molar-refractivity contribution in [2.45, 2.75) is 20.4 Å². The van der Waals surface area contributed by atoms with Crippen LogP contribution in [0.2, 0.25) is 0 Å². The smallest absolute Gasteiger partial charge is 0.263 e. The first-order valence-electron chi connectivity index (χ1n) is 6.52. The van der Waals surface area contributed by atoms with Crippen molar-refractivity contribution in [2.75, 3.05) is 5.73 Å². The van der Waals surface area contributed by atoms with Crippen LogP contribution in [0.1, 0.15) is 25.0 Å². The lowest BCUT2D eigenvalue weighted by atomic mass is 10.2. The Morgan fingerprint density at radius 2 is 2.19 bits per heavy atom. The van der Waals surface area contributed by atoms with Crippen molar-refractivity contribution in [3.05, 3.63) is 44.7 Å². The van der Waals surface area contributed by atoms with Crippen LogP contribution in [0, 0.1) is 13.8 Å². The number of amides is 1. The van der Waals surface area contributed by atoms with Gasteiger partial charge in [0.15, 0.2) is 0 Å². The Morgan fingerprint density at radius 1 is 1.38 bits per heavy atom. The molecule has 4 nitrogen and oxygen atoms in total. The van der Waals surface area contributed by atoms with Gasteiger partial charge in [-0.15, -0.1) is 22.7 Å². The molecule has 3 aromatic heterocycles. The fourth-order valence-corrected chi connectivity index (χ4v) is 4.12. The third kappa shape index (κ3) is 2.64. The first-order chi connectivity index (χ1) is 10.1. The number of pyridine rings is 1. The van der Waals surface area contributed by atoms with Crippen LogP contribution in [0.15, 0.2) is 24.5 Å². The quantitative estimate of drug-likeness (QED) is 0.777. The van der Waals surface area contributed by atoms with Gasteiger partial charge in [-0.1, -0.05) is 0 Å². The van der Waals surface area contributed by atoms with Crippen molar-refractivity contribution >= 4 is 44.4 Å². The van der Waals surface area contributed by atoms with Crippen LogP contribution in [0.3, 0.4) is 0 Å². The Hall–Kier alpha value is -1.92. The predicted octanol–water partition coefficient (Wildman–Crippen LogP) is 3.49. The second-order valence-electron chi connectivity index (χ2n) is 4.85. The zero-order chi connectivity index (χ0) is 15.0. The molecule has 108 valence electrons. The number of nitrogens with zero attached hydrogens (tertiary/aromatic N) is 1. The predicted molar refractivity (Wildman–Crippen MR) is 89.0 cm³/mol. The number of aryl methyl sites for hydroxylation is 2. The minimum absolute atomic E-state index is 0.127. The molecular formula is C15H15N3OS2. The number of anilines is 1. The maximum Gasteiger partial charge on any atom is 0.263 e. The van der Waals surface area contributed by atoms with Gasteiger partial charge in [-0.3, -0.25) is 9.78 Å². The van der Waals surface area contributed by atoms with Gasteiger partial charge in [0.25, 0.3) is 5.91 Å². The number of fused-ring (bicyclic) bond motifs is 1. The van der Waals surface area contributed by atoms with Gasteiger partial charge < -0.3 is 11.1 Å². The van der Waals surface area contributed by atoms with E-state index in [0.717, 1.165) is 15.0 Å². The van der Waals surface area contributed by atoms with E-state index >= 15 is 0 Å². The standard InChI is InChI=1S/C15H15N3OS2/c1-8-5-10(20-9(8)2)6-18-15(19)14-13(16)11-3-4-17-7-12(11)21-14/h3-5,7H,6,16H2,1-2H3,(H,18,19). The molecular weight excluding hydrogens is 302 g/mol. The van der Waals surface area contributed by atoms with Crippen molar-refractivity contribution < 1.29 is 4.79 Å². The van der Waals surface area contributed by atoms with E-state index in [4.69, 9.17) is 5.73 Å². The number of nitrogen functional groups attached to an aromatic ring is 1. The van der Waals surface area contributed by atoms with Gasteiger partial charge in [0.2, 0.25) is 0 Å². The first-order valence-corrected chi connectivity index (χ1v) is 8.15. The highest BCUT2D eigenvalue weighted by Gasteiger charge is 2.16. The molecule has 0 aromatic carbocycles. The summed E-state index contributed by atoms with van der Waals surface area (Å²) in [5, 5.41) is 3.83. The average molecular weight is 317 g/mol. The van der Waals surface area contributed by atoms with Crippen molar-refractivity contribution in [1.29, 1.82) is 0 Å². The van der Waals surface area contributed by atoms with E-state index in [1.165, 1.54) is 21.8 Å². The summed E-state index contributed by atoms with van der Waals surface area (Å²) in [4.78, 5) is 19.4. The van der Waals surface area contributed by atoms with E-state index in [9.17, 15) is 4.79 Å². The Balaban J connectivity index is 1.79. The number of aromatic nitrogens is 1. The molecule has 1 amide bonds. The third-order valence-corrected chi connectivity index (χ3v) is 5.68. The molecule has 0 atom stereocenters. The van der Waals surface area contributed by atoms with Crippen LogP contribution in [-0.2, 0) is 6.54 Å². The molecule has 0 aliphatic heterocycles. The molecule has 0 aliphatic rings. The number of hydrogen-bond acceptors (Lipinski definition) is 5. The lowest BCUT2D eigenvalue weighted by molar-refractivity contribution is 0.0956. The van der Waals surface area contributed by atoms with E-state index in [1.807, 2.05) is 6.07 Å². The largest absolute Gasteiger partial charge is 0.397 e. The van der Waals surface area contributed by atoms with Gasteiger partial charge in [0.05, 0.1) is 16.9 Å². The number of thiophene rings is 2. The van der Waals surface area contributed by atoms with Gasteiger partial charge in [-0.05, 0) is 31.5 Å². The maximum absolute atomic E-state index is 12.3. The SMILES string of the molecule is Cc1cc(CNC(=O)c2sc3cnccc3c2N)sc1C. The van der Waals surface area contributed by atoms with Crippen molar-refractivity contribution in [3.63, 3.8) is 0 Å². The molecule has 0 unspecified atom stereocenters. The summed E-state index contributed by atoms with van der Waals surface area (Å²) in [5.74, 6) is -0.127.